The van der Waals surface area contributed by atoms with Gasteiger partial charge < -0.3 is 0 Å². The Bertz CT molecular complexity index is 10000. The minimum atomic E-state index is 0.695. The molecule has 0 spiro atoms. The van der Waals surface area contributed by atoms with Crippen LogP contribution in [0.5, 0.6) is 0 Å². The van der Waals surface area contributed by atoms with Crippen LogP contribution < -0.4 is 0 Å². The predicted molar refractivity (Wildman–Crippen MR) is 588 cm³/mol. The van der Waals surface area contributed by atoms with E-state index in [1.54, 1.807) is 0 Å². The zero-order chi connectivity index (χ0) is 92.2. The van der Waals surface area contributed by atoms with Gasteiger partial charge in [0.1, 0.15) is 17.5 Å². The lowest BCUT2D eigenvalue weighted by atomic mass is 9.99. The van der Waals surface area contributed by atoms with Crippen LogP contribution >= 0.6 is 11.3 Å². The maximum absolute atomic E-state index is 5.48. The maximum atomic E-state index is 5.48. The van der Waals surface area contributed by atoms with Crippen LogP contribution in [0, 0.1) is 0 Å². The summed E-state index contributed by atoms with van der Waals surface area (Å²) in [7, 11) is 0. The van der Waals surface area contributed by atoms with E-state index in [4.69, 9.17) is 29.9 Å². The Morgan fingerprint density at radius 1 is 0.150 bits per heavy atom. The van der Waals surface area contributed by atoms with E-state index >= 15 is 0 Å². The largest absolute Gasteiger partial charge is 0.293 e. The molecular weight excluding hydrogens is 1720 g/mol. The molecule has 0 unspecified atom stereocenters. The Kier molecular flexibility index (Phi) is 19.6. The highest BCUT2D eigenvalue weighted by molar-refractivity contribution is 7.26. The van der Waals surface area contributed by atoms with E-state index in [9.17, 15) is 0 Å². The fraction of sp³-hybridized carbons (Fsp3) is 0. The normalized spacial score (nSPS) is 11.7. The number of aromatic nitrogens is 9. The van der Waals surface area contributed by atoms with Crippen LogP contribution in [0.1, 0.15) is 0 Å². The Balaban J connectivity index is 0.000000106. The van der Waals surface area contributed by atoms with Gasteiger partial charge in [-0.1, -0.05) is 382 Å². The molecule has 9 nitrogen and oxygen atoms in total. The molecule has 10 heteroatoms. The zero-order valence-corrected chi connectivity index (χ0v) is 76.5. The number of benzene rings is 22. The lowest BCUT2D eigenvalue weighted by Gasteiger charge is -2.14. The summed E-state index contributed by atoms with van der Waals surface area (Å²) in [4.78, 5) is 32.0. The average molecular weight is 1800 g/mol. The molecule has 0 aliphatic rings. The van der Waals surface area contributed by atoms with Crippen molar-refractivity contribution in [3.63, 3.8) is 0 Å². The van der Waals surface area contributed by atoms with Crippen molar-refractivity contribution in [3.8, 4) is 107 Å². The number of rotatable bonds is 11. The summed E-state index contributed by atoms with van der Waals surface area (Å²) in [5.41, 5.74) is 24.2. The quantitative estimate of drug-likeness (QED) is 0.128. The second-order valence-corrected chi connectivity index (χ2v) is 37.0. The molecule has 652 valence electrons. The molecule has 0 aliphatic heterocycles. The molecular formula is C130H81N9S. The van der Waals surface area contributed by atoms with Gasteiger partial charge in [-0.05, 0) is 208 Å². The molecule has 0 atom stereocenters. The molecule has 7 aromatic heterocycles. The van der Waals surface area contributed by atoms with E-state index in [0.29, 0.717) is 11.6 Å². The molecule has 0 aliphatic carbocycles. The molecule has 0 saturated heterocycles. The van der Waals surface area contributed by atoms with Crippen molar-refractivity contribution < 1.29 is 0 Å². The van der Waals surface area contributed by atoms with Gasteiger partial charge in [-0.3, -0.25) is 13.7 Å². The van der Waals surface area contributed by atoms with Crippen molar-refractivity contribution in [2.24, 2.45) is 0 Å². The van der Waals surface area contributed by atoms with Gasteiger partial charge in [0.05, 0.1) is 49.7 Å². The van der Waals surface area contributed by atoms with E-state index < -0.39 is 0 Å². The third kappa shape index (κ3) is 14.2. The zero-order valence-electron chi connectivity index (χ0n) is 75.7. The maximum Gasteiger partial charge on any atom is 0.163 e. The number of nitrogens with zero attached hydrogens (tertiary/aromatic N) is 9. The summed E-state index contributed by atoms with van der Waals surface area (Å²) in [6, 6.07) is 175. The first-order valence-corrected chi connectivity index (χ1v) is 48.2. The number of fused-ring (bicyclic) bond motifs is 19. The summed E-state index contributed by atoms with van der Waals surface area (Å²) in [6.45, 7) is 0. The van der Waals surface area contributed by atoms with Crippen molar-refractivity contribution in [1.29, 1.82) is 0 Å². The van der Waals surface area contributed by atoms with Gasteiger partial charge in [-0.25, -0.2) is 29.9 Å². The molecule has 0 bridgehead atoms. The summed E-state index contributed by atoms with van der Waals surface area (Å²) < 4.78 is 9.48. The number of para-hydroxylation sites is 3. The lowest BCUT2D eigenvalue weighted by molar-refractivity contribution is 1.08. The molecule has 0 amide bonds. The third-order valence-corrected chi connectivity index (χ3v) is 28.9. The predicted octanol–water partition coefficient (Wildman–Crippen LogP) is 34.5. The second kappa shape index (κ2) is 33.9. The van der Waals surface area contributed by atoms with Crippen molar-refractivity contribution in [3.05, 3.63) is 491 Å². The van der Waals surface area contributed by atoms with Crippen LogP contribution in [0.3, 0.4) is 0 Å². The third-order valence-electron chi connectivity index (χ3n) is 27.7. The Morgan fingerprint density at radius 3 is 0.843 bits per heavy atom. The second-order valence-electron chi connectivity index (χ2n) is 36.0. The van der Waals surface area contributed by atoms with Gasteiger partial charge in [0.2, 0.25) is 0 Å². The van der Waals surface area contributed by atoms with Crippen molar-refractivity contribution in [2.45, 2.75) is 0 Å². The van der Waals surface area contributed by atoms with Crippen LogP contribution in [0.15, 0.2) is 491 Å². The van der Waals surface area contributed by atoms with Gasteiger partial charge in [-0.15, -0.1) is 11.3 Å². The van der Waals surface area contributed by atoms with Gasteiger partial charge in [0, 0.05) is 85.3 Å². The highest BCUT2D eigenvalue weighted by atomic mass is 32.1. The fourth-order valence-corrected chi connectivity index (χ4v) is 22.1. The smallest absolute Gasteiger partial charge is 0.163 e. The van der Waals surface area contributed by atoms with E-state index in [-0.39, 0.29) is 0 Å². The average Bonchev–Trinajstić information content (AvgIpc) is 1.57. The first-order valence-electron chi connectivity index (χ1n) is 47.4. The van der Waals surface area contributed by atoms with E-state index in [1.807, 2.05) is 11.3 Å². The number of hydrogen-bond acceptors (Lipinski definition) is 7. The molecule has 7 heterocycles. The Labute approximate surface area is 809 Å². The standard InChI is InChI=1S/C48H31N3.C42H25N3S.C40H25N3/c1-3-11-32(12-4-1)34-19-21-35(22-20-34)36-23-25-37(26-24-36)47-49-44-30-40(33-13-5-2-6-14-33)27-28-42(44)48(50-47)51-45-18-10-9-17-41(45)43-29-38-15-7-8-16-39(38)31-46(43)51;1-2-11-26(12-3-1)29-21-22-33-36(24-29)43-41(34-18-10-17-32-31-16-7-9-20-39(31)46-40(32)34)44-42(33)45-37-19-8-6-15-30(37)35-23-27-13-4-5-14-28(27)25-38(35)45;1-2-10-26(11-3-1)31-20-21-34-36(24-31)41-39(32-19-18-27-12-4-5-13-28(27)22-32)42-40(34)43-37-17-9-8-16-33(37)35-23-29-14-6-7-15-30(29)25-38(35)43/h1-31H;1-25H;1-25H. The molecule has 0 N–H and O–H groups in total. The molecule has 140 heavy (non-hydrogen) atoms. The number of thiophene rings is 1. The fourth-order valence-electron chi connectivity index (χ4n) is 20.9. The molecule has 29 rings (SSSR count). The number of hydrogen-bond donors (Lipinski definition) is 0. The van der Waals surface area contributed by atoms with Crippen molar-refractivity contribution in [1.82, 2.24) is 43.6 Å². The molecule has 0 saturated carbocycles. The molecule has 22 aromatic carbocycles. The molecule has 0 radical (unpaired) electrons. The SMILES string of the molecule is c1ccc(-c2ccc(-c3ccc(-c4nc(-n5c6ccccc6c6cc7ccccc7cc65)c5ccc(-c6ccccc6)cc5n4)cc3)cc2)cc1.c1ccc(-c2ccc3c(-n4c5ccccc5c5cc6ccccc6cc54)nc(-c4ccc5ccccc5c4)nc3c2)cc1.c1ccc(-c2ccc3c(-n4c5ccccc5c5cc6ccccc6cc54)nc(-c4cccc5c4sc4ccccc45)nc3c2)cc1. The molecule has 29 aromatic rings. The van der Waals surface area contributed by atoms with E-state index in [1.165, 1.54) is 123 Å². The van der Waals surface area contributed by atoms with Crippen LogP contribution in [-0.2, 0) is 0 Å². The highest BCUT2D eigenvalue weighted by Gasteiger charge is 2.26. The van der Waals surface area contributed by atoms with Gasteiger partial charge in [0.25, 0.3) is 0 Å². The van der Waals surface area contributed by atoms with Crippen molar-refractivity contribution >= 4 is 173 Å². The Hall–Kier alpha value is -18.5. The first kappa shape index (κ1) is 81.1. The topological polar surface area (TPSA) is 92.1 Å². The van der Waals surface area contributed by atoms with Gasteiger partial charge in [0.15, 0.2) is 17.5 Å². The summed E-state index contributed by atoms with van der Waals surface area (Å²) in [5, 5.41) is 22.5. The first-order chi connectivity index (χ1) is 69.4. The van der Waals surface area contributed by atoms with Gasteiger partial charge in [-0.2, -0.15) is 0 Å². The van der Waals surface area contributed by atoms with Gasteiger partial charge >= 0.3 is 0 Å². The van der Waals surface area contributed by atoms with Crippen molar-refractivity contribution in [2.75, 3.05) is 0 Å². The minimum absolute atomic E-state index is 0.695. The van der Waals surface area contributed by atoms with Crippen LogP contribution in [0.2, 0.25) is 0 Å². The van der Waals surface area contributed by atoms with E-state index in [2.05, 4.69) is 505 Å². The van der Waals surface area contributed by atoms with Crippen LogP contribution in [-0.4, -0.2) is 43.6 Å². The summed E-state index contributed by atoms with van der Waals surface area (Å²) in [5.74, 6) is 4.78. The highest BCUT2D eigenvalue weighted by Crippen LogP contribution is 2.46. The molecule has 0 fully saturated rings. The monoisotopic (exact) mass is 1800 g/mol. The lowest BCUT2D eigenvalue weighted by Crippen LogP contribution is -2.03. The summed E-state index contributed by atoms with van der Waals surface area (Å²) in [6.07, 6.45) is 0. The summed E-state index contributed by atoms with van der Waals surface area (Å²) >= 11 is 1.81. The van der Waals surface area contributed by atoms with Crippen LogP contribution in [0.4, 0.5) is 0 Å². The van der Waals surface area contributed by atoms with E-state index in [0.717, 1.165) is 134 Å². The van der Waals surface area contributed by atoms with Crippen LogP contribution in [0.25, 0.3) is 269 Å². The Morgan fingerprint density at radius 2 is 0.436 bits per heavy atom. The minimum Gasteiger partial charge on any atom is -0.293 e.